The maximum absolute atomic E-state index is 14.0. The molecule has 0 aliphatic rings. The van der Waals surface area contributed by atoms with E-state index in [2.05, 4.69) is 5.32 Å². The highest BCUT2D eigenvalue weighted by Crippen LogP contribution is 2.27. The van der Waals surface area contributed by atoms with E-state index in [1.165, 1.54) is 6.07 Å². The first kappa shape index (κ1) is 15.4. The Morgan fingerprint density at radius 1 is 1.05 bits per heavy atom. The summed E-state index contributed by atoms with van der Waals surface area (Å²) >= 11 is 0. The van der Waals surface area contributed by atoms with Crippen LogP contribution in [-0.4, -0.2) is 13.2 Å². The second-order valence-corrected chi connectivity index (χ2v) is 4.64. The van der Waals surface area contributed by atoms with Crippen LogP contribution in [0.25, 0.3) is 0 Å². The number of ether oxygens (including phenoxy) is 1. The Balaban J connectivity index is 2.36. The zero-order valence-electron chi connectivity index (χ0n) is 12.2. The first-order valence-electron chi connectivity index (χ1n) is 7.07. The van der Waals surface area contributed by atoms with E-state index in [4.69, 9.17) is 4.74 Å². The molecule has 0 aromatic heterocycles. The van der Waals surface area contributed by atoms with Crippen molar-refractivity contribution in [3.63, 3.8) is 0 Å². The number of hydrogen-bond donors (Lipinski definition) is 1. The van der Waals surface area contributed by atoms with Crippen molar-refractivity contribution in [2.45, 2.75) is 19.9 Å². The number of halogens is 2. The molecule has 2 rings (SSSR count). The number of rotatable bonds is 6. The molecule has 1 unspecified atom stereocenters. The van der Waals surface area contributed by atoms with Gasteiger partial charge in [0.15, 0.2) is 11.6 Å². The Labute approximate surface area is 123 Å². The number of nitrogens with one attached hydrogen (secondary N) is 1. The van der Waals surface area contributed by atoms with Crippen LogP contribution < -0.4 is 10.1 Å². The monoisotopic (exact) mass is 291 g/mol. The summed E-state index contributed by atoms with van der Waals surface area (Å²) in [4.78, 5) is 0. The SMILES string of the molecule is CCNC(c1ccc(OCC)cc1)c1cccc(F)c1F. The highest BCUT2D eigenvalue weighted by molar-refractivity contribution is 5.36. The molecule has 2 nitrogen and oxygen atoms in total. The second kappa shape index (κ2) is 7.18. The van der Waals surface area contributed by atoms with E-state index in [0.717, 1.165) is 17.4 Å². The summed E-state index contributed by atoms with van der Waals surface area (Å²) in [5, 5.41) is 3.19. The van der Waals surface area contributed by atoms with Crippen LogP contribution >= 0.6 is 0 Å². The van der Waals surface area contributed by atoms with Gasteiger partial charge in [0.1, 0.15) is 5.75 Å². The molecule has 0 aliphatic heterocycles. The third kappa shape index (κ3) is 3.58. The van der Waals surface area contributed by atoms with Gasteiger partial charge in [-0.05, 0) is 37.2 Å². The zero-order chi connectivity index (χ0) is 15.2. The Morgan fingerprint density at radius 2 is 1.76 bits per heavy atom. The lowest BCUT2D eigenvalue weighted by Crippen LogP contribution is -2.23. The molecular weight excluding hydrogens is 272 g/mol. The molecule has 2 aromatic carbocycles. The van der Waals surface area contributed by atoms with E-state index >= 15 is 0 Å². The van der Waals surface area contributed by atoms with E-state index in [9.17, 15) is 8.78 Å². The number of hydrogen-bond acceptors (Lipinski definition) is 2. The molecule has 0 saturated heterocycles. The van der Waals surface area contributed by atoms with Crippen LogP contribution in [-0.2, 0) is 0 Å². The van der Waals surface area contributed by atoms with E-state index in [1.807, 2.05) is 38.1 Å². The van der Waals surface area contributed by atoms with Crippen molar-refractivity contribution >= 4 is 0 Å². The van der Waals surface area contributed by atoms with Crippen molar-refractivity contribution in [1.82, 2.24) is 5.32 Å². The average Bonchev–Trinajstić information content (AvgIpc) is 2.49. The van der Waals surface area contributed by atoms with Gasteiger partial charge in [-0.15, -0.1) is 0 Å². The van der Waals surface area contributed by atoms with Crippen molar-refractivity contribution in [1.29, 1.82) is 0 Å². The number of benzene rings is 2. The molecule has 0 radical (unpaired) electrons. The van der Waals surface area contributed by atoms with E-state index in [-0.39, 0.29) is 6.04 Å². The predicted octanol–water partition coefficient (Wildman–Crippen LogP) is 4.06. The molecule has 21 heavy (non-hydrogen) atoms. The predicted molar refractivity (Wildman–Crippen MR) is 79.5 cm³/mol. The fourth-order valence-electron chi connectivity index (χ4n) is 2.28. The highest BCUT2D eigenvalue weighted by atomic mass is 19.2. The molecule has 112 valence electrons. The smallest absolute Gasteiger partial charge is 0.163 e. The molecular formula is C17H19F2NO. The van der Waals surface area contributed by atoms with Crippen molar-refractivity contribution in [3.05, 3.63) is 65.2 Å². The molecule has 0 saturated carbocycles. The van der Waals surface area contributed by atoms with Gasteiger partial charge in [-0.2, -0.15) is 0 Å². The van der Waals surface area contributed by atoms with E-state index in [1.54, 1.807) is 6.07 Å². The minimum atomic E-state index is -0.832. The lowest BCUT2D eigenvalue weighted by atomic mass is 9.98. The van der Waals surface area contributed by atoms with Crippen LogP contribution in [0.15, 0.2) is 42.5 Å². The molecule has 2 aromatic rings. The van der Waals surface area contributed by atoms with Crippen LogP contribution in [0.2, 0.25) is 0 Å². The first-order valence-corrected chi connectivity index (χ1v) is 7.07. The highest BCUT2D eigenvalue weighted by Gasteiger charge is 2.19. The summed E-state index contributed by atoms with van der Waals surface area (Å²) in [5.74, 6) is -0.880. The third-order valence-corrected chi connectivity index (χ3v) is 3.23. The molecule has 0 aliphatic carbocycles. The molecule has 0 heterocycles. The van der Waals surface area contributed by atoms with Gasteiger partial charge in [-0.1, -0.05) is 31.2 Å². The fourth-order valence-corrected chi connectivity index (χ4v) is 2.28. The third-order valence-electron chi connectivity index (χ3n) is 3.23. The van der Waals surface area contributed by atoms with Crippen molar-refractivity contribution in [3.8, 4) is 5.75 Å². The largest absolute Gasteiger partial charge is 0.494 e. The van der Waals surface area contributed by atoms with Crippen molar-refractivity contribution in [2.24, 2.45) is 0 Å². The second-order valence-electron chi connectivity index (χ2n) is 4.64. The minimum Gasteiger partial charge on any atom is -0.494 e. The first-order chi connectivity index (χ1) is 10.2. The Hall–Kier alpha value is -1.94. The fraction of sp³-hybridized carbons (Fsp3) is 0.294. The van der Waals surface area contributed by atoms with Crippen molar-refractivity contribution in [2.75, 3.05) is 13.2 Å². The molecule has 1 atom stereocenters. The maximum atomic E-state index is 14.0. The quantitative estimate of drug-likeness (QED) is 0.866. The lowest BCUT2D eigenvalue weighted by molar-refractivity contribution is 0.340. The zero-order valence-corrected chi connectivity index (χ0v) is 12.2. The minimum absolute atomic E-state index is 0.306. The van der Waals surface area contributed by atoms with Gasteiger partial charge in [-0.3, -0.25) is 0 Å². The van der Waals surface area contributed by atoms with E-state index < -0.39 is 11.6 Å². The molecule has 0 amide bonds. The molecule has 1 N–H and O–H groups in total. The van der Waals surface area contributed by atoms with Gasteiger partial charge in [0, 0.05) is 5.56 Å². The molecule has 0 fully saturated rings. The van der Waals surface area contributed by atoms with Gasteiger partial charge in [0.2, 0.25) is 0 Å². The summed E-state index contributed by atoms with van der Waals surface area (Å²) in [6.07, 6.45) is 0. The summed E-state index contributed by atoms with van der Waals surface area (Å²) in [5.41, 5.74) is 1.17. The Morgan fingerprint density at radius 3 is 2.38 bits per heavy atom. The summed E-state index contributed by atoms with van der Waals surface area (Å²) in [6, 6.07) is 11.3. The average molecular weight is 291 g/mol. The maximum Gasteiger partial charge on any atom is 0.163 e. The van der Waals surface area contributed by atoms with Crippen LogP contribution in [0, 0.1) is 11.6 Å². The summed E-state index contributed by atoms with van der Waals surface area (Å²) in [7, 11) is 0. The Kier molecular flexibility index (Phi) is 5.28. The molecule has 4 heteroatoms. The van der Waals surface area contributed by atoms with Gasteiger partial charge in [0.05, 0.1) is 12.6 Å². The summed E-state index contributed by atoms with van der Waals surface area (Å²) in [6.45, 7) is 5.08. The van der Waals surface area contributed by atoms with Crippen LogP contribution in [0.4, 0.5) is 8.78 Å². The summed E-state index contributed by atoms with van der Waals surface area (Å²) < 4.78 is 32.9. The van der Waals surface area contributed by atoms with Crippen LogP contribution in [0.5, 0.6) is 5.75 Å². The lowest BCUT2D eigenvalue weighted by Gasteiger charge is -2.20. The van der Waals surface area contributed by atoms with Gasteiger partial charge < -0.3 is 10.1 Å². The molecule has 0 bridgehead atoms. The van der Waals surface area contributed by atoms with Gasteiger partial charge in [-0.25, -0.2) is 8.78 Å². The Bertz CT molecular complexity index is 584. The van der Waals surface area contributed by atoms with Crippen LogP contribution in [0.3, 0.4) is 0 Å². The topological polar surface area (TPSA) is 21.3 Å². The normalized spacial score (nSPS) is 12.2. The standard InChI is InChI=1S/C17H19F2NO/c1-3-20-17(14-6-5-7-15(18)16(14)19)12-8-10-13(11-9-12)21-4-2/h5-11,17,20H,3-4H2,1-2H3. The van der Waals surface area contributed by atoms with Crippen molar-refractivity contribution < 1.29 is 13.5 Å². The van der Waals surface area contributed by atoms with Crippen LogP contribution in [0.1, 0.15) is 31.0 Å². The van der Waals surface area contributed by atoms with Gasteiger partial charge >= 0.3 is 0 Å². The molecule has 0 spiro atoms. The van der Waals surface area contributed by atoms with Gasteiger partial charge in [0.25, 0.3) is 0 Å². The van der Waals surface area contributed by atoms with E-state index in [0.29, 0.717) is 18.7 Å².